The summed E-state index contributed by atoms with van der Waals surface area (Å²) < 4.78 is 2.17. The van der Waals surface area contributed by atoms with E-state index in [-0.39, 0.29) is 5.91 Å². The van der Waals surface area contributed by atoms with Crippen LogP contribution in [0.4, 0.5) is 5.95 Å². The number of aromatic nitrogens is 2. The highest BCUT2D eigenvalue weighted by Crippen LogP contribution is 2.35. The summed E-state index contributed by atoms with van der Waals surface area (Å²) in [5.74, 6) is 0.431. The monoisotopic (exact) mass is 272 g/mol. The Kier molecular flexibility index (Phi) is 3.44. The molecule has 1 aliphatic rings. The first-order chi connectivity index (χ1) is 9.66. The van der Waals surface area contributed by atoms with Crippen molar-refractivity contribution in [1.29, 1.82) is 0 Å². The zero-order chi connectivity index (χ0) is 14.1. The molecule has 1 fully saturated rings. The van der Waals surface area contributed by atoms with Crippen LogP contribution in [0.2, 0.25) is 0 Å². The third-order valence-corrected chi connectivity index (χ3v) is 3.93. The quantitative estimate of drug-likeness (QED) is 0.901. The lowest BCUT2D eigenvalue weighted by molar-refractivity contribution is -0.117. The van der Waals surface area contributed by atoms with Crippen molar-refractivity contribution in [3.63, 3.8) is 0 Å². The van der Waals surface area contributed by atoms with Gasteiger partial charge in [-0.05, 0) is 31.9 Å². The SMILES string of the molecule is C[C@@H](N)C(=O)Nc1nc2ccccc2n1C1CCCC1. The van der Waals surface area contributed by atoms with E-state index in [4.69, 9.17) is 5.73 Å². The van der Waals surface area contributed by atoms with E-state index in [1.165, 1.54) is 12.8 Å². The number of rotatable bonds is 3. The molecule has 0 bridgehead atoms. The third kappa shape index (κ3) is 2.29. The van der Waals surface area contributed by atoms with Gasteiger partial charge in [-0.3, -0.25) is 10.1 Å². The fraction of sp³-hybridized carbons (Fsp3) is 0.467. The molecule has 1 heterocycles. The highest BCUT2D eigenvalue weighted by molar-refractivity contribution is 5.94. The second-order valence-electron chi connectivity index (χ2n) is 5.51. The molecule has 0 saturated heterocycles. The van der Waals surface area contributed by atoms with Crippen LogP contribution < -0.4 is 11.1 Å². The van der Waals surface area contributed by atoms with Gasteiger partial charge < -0.3 is 10.3 Å². The lowest BCUT2D eigenvalue weighted by atomic mass is 10.2. The molecule has 0 unspecified atom stereocenters. The number of para-hydroxylation sites is 2. The predicted octanol–water partition coefficient (Wildman–Crippen LogP) is 2.44. The summed E-state index contributed by atoms with van der Waals surface area (Å²) >= 11 is 0. The van der Waals surface area contributed by atoms with Crippen LogP contribution in [-0.4, -0.2) is 21.5 Å². The van der Waals surface area contributed by atoms with Gasteiger partial charge in [0.2, 0.25) is 11.9 Å². The van der Waals surface area contributed by atoms with Crippen LogP contribution in [0.25, 0.3) is 11.0 Å². The number of nitrogens with zero attached hydrogens (tertiary/aromatic N) is 2. The minimum absolute atomic E-state index is 0.195. The van der Waals surface area contributed by atoms with Crippen molar-refractivity contribution in [3.05, 3.63) is 24.3 Å². The lowest BCUT2D eigenvalue weighted by Crippen LogP contribution is -2.33. The second-order valence-corrected chi connectivity index (χ2v) is 5.51. The molecule has 2 aromatic rings. The number of nitrogens with two attached hydrogens (primary N) is 1. The Hall–Kier alpha value is -1.88. The molecular weight excluding hydrogens is 252 g/mol. The van der Waals surface area contributed by atoms with E-state index in [1.807, 2.05) is 18.2 Å². The van der Waals surface area contributed by atoms with Crippen LogP contribution in [-0.2, 0) is 4.79 Å². The number of amides is 1. The fourth-order valence-electron chi connectivity index (χ4n) is 2.89. The molecule has 1 saturated carbocycles. The van der Waals surface area contributed by atoms with Gasteiger partial charge in [-0.25, -0.2) is 4.98 Å². The number of nitrogens with one attached hydrogen (secondary N) is 1. The summed E-state index contributed by atoms with van der Waals surface area (Å²) in [4.78, 5) is 16.4. The lowest BCUT2D eigenvalue weighted by Gasteiger charge is -2.17. The Morgan fingerprint density at radius 3 is 2.80 bits per heavy atom. The zero-order valence-corrected chi connectivity index (χ0v) is 11.7. The summed E-state index contributed by atoms with van der Waals surface area (Å²) in [5, 5.41) is 2.86. The standard InChI is InChI=1S/C15H20N4O/c1-10(16)14(20)18-15-17-12-8-4-5-9-13(12)19(15)11-6-2-3-7-11/h4-5,8-11H,2-3,6-7,16H2,1H3,(H,17,18,20)/t10-/m1/s1. The van der Waals surface area contributed by atoms with E-state index in [2.05, 4.69) is 20.9 Å². The van der Waals surface area contributed by atoms with Crippen LogP contribution in [0.15, 0.2) is 24.3 Å². The Labute approximate surface area is 118 Å². The topological polar surface area (TPSA) is 72.9 Å². The van der Waals surface area contributed by atoms with Gasteiger partial charge in [0.1, 0.15) is 0 Å². The second kappa shape index (κ2) is 5.25. The van der Waals surface area contributed by atoms with E-state index in [0.29, 0.717) is 12.0 Å². The van der Waals surface area contributed by atoms with Crippen molar-refractivity contribution in [3.8, 4) is 0 Å². The predicted molar refractivity (Wildman–Crippen MR) is 79.5 cm³/mol. The van der Waals surface area contributed by atoms with E-state index >= 15 is 0 Å². The van der Waals surface area contributed by atoms with Crippen molar-refractivity contribution in [2.75, 3.05) is 5.32 Å². The van der Waals surface area contributed by atoms with E-state index in [9.17, 15) is 4.79 Å². The molecule has 1 atom stereocenters. The van der Waals surface area contributed by atoms with Gasteiger partial charge in [0, 0.05) is 6.04 Å². The first-order valence-electron chi connectivity index (χ1n) is 7.20. The molecule has 1 aromatic carbocycles. The van der Waals surface area contributed by atoms with Gasteiger partial charge in [-0.2, -0.15) is 0 Å². The zero-order valence-electron chi connectivity index (χ0n) is 11.7. The van der Waals surface area contributed by atoms with Gasteiger partial charge in [-0.15, -0.1) is 0 Å². The number of anilines is 1. The normalized spacial score (nSPS) is 17.5. The van der Waals surface area contributed by atoms with Crippen LogP contribution in [0.5, 0.6) is 0 Å². The van der Waals surface area contributed by atoms with E-state index in [0.717, 1.165) is 23.9 Å². The smallest absolute Gasteiger partial charge is 0.243 e. The molecule has 3 rings (SSSR count). The Bertz CT molecular complexity index is 626. The fourth-order valence-corrected chi connectivity index (χ4v) is 2.89. The number of benzene rings is 1. The van der Waals surface area contributed by atoms with Crippen LogP contribution in [0, 0.1) is 0 Å². The Balaban J connectivity index is 2.05. The van der Waals surface area contributed by atoms with Gasteiger partial charge >= 0.3 is 0 Å². The maximum absolute atomic E-state index is 11.9. The highest BCUT2D eigenvalue weighted by Gasteiger charge is 2.23. The molecule has 20 heavy (non-hydrogen) atoms. The molecule has 1 aliphatic carbocycles. The number of hydrogen-bond donors (Lipinski definition) is 2. The number of fused-ring (bicyclic) bond motifs is 1. The number of imidazole rings is 1. The van der Waals surface area contributed by atoms with E-state index in [1.54, 1.807) is 6.92 Å². The first kappa shape index (κ1) is 13.1. The van der Waals surface area contributed by atoms with Crippen molar-refractivity contribution in [2.24, 2.45) is 5.73 Å². The minimum Gasteiger partial charge on any atom is -0.320 e. The summed E-state index contributed by atoms with van der Waals surface area (Å²) in [6.45, 7) is 1.68. The van der Waals surface area contributed by atoms with E-state index < -0.39 is 6.04 Å². The molecule has 0 aliphatic heterocycles. The molecule has 1 amide bonds. The van der Waals surface area contributed by atoms with Crippen LogP contribution in [0.3, 0.4) is 0 Å². The Morgan fingerprint density at radius 2 is 2.10 bits per heavy atom. The van der Waals surface area contributed by atoms with Crippen molar-refractivity contribution in [1.82, 2.24) is 9.55 Å². The molecule has 0 radical (unpaired) electrons. The molecule has 1 aromatic heterocycles. The average Bonchev–Trinajstić information content (AvgIpc) is 3.04. The van der Waals surface area contributed by atoms with Crippen molar-refractivity contribution in [2.45, 2.75) is 44.7 Å². The average molecular weight is 272 g/mol. The van der Waals surface area contributed by atoms with Crippen LogP contribution in [0.1, 0.15) is 38.6 Å². The minimum atomic E-state index is -0.535. The van der Waals surface area contributed by atoms with Gasteiger partial charge in [0.15, 0.2) is 0 Å². The number of carbonyl (C=O) groups is 1. The Morgan fingerprint density at radius 1 is 1.40 bits per heavy atom. The highest BCUT2D eigenvalue weighted by atomic mass is 16.2. The molecule has 0 spiro atoms. The maximum Gasteiger partial charge on any atom is 0.243 e. The number of hydrogen-bond acceptors (Lipinski definition) is 3. The van der Waals surface area contributed by atoms with Crippen LogP contribution >= 0.6 is 0 Å². The molecule has 106 valence electrons. The number of carbonyl (C=O) groups excluding carboxylic acids is 1. The van der Waals surface area contributed by atoms with Gasteiger partial charge in [0.05, 0.1) is 17.1 Å². The first-order valence-corrected chi connectivity index (χ1v) is 7.20. The summed E-state index contributed by atoms with van der Waals surface area (Å²) in [5.41, 5.74) is 7.63. The van der Waals surface area contributed by atoms with Crippen molar-refractivity contribution >= 4 is 22.9 Å². The van der Waals surface area contributed by atoms with Gasteiger partial charge in [-0.1, -0.05) is 25.0 Å². The molecule has 5 nitrogen and oxygen atoms in total. The molecule has 5 heteroatoms. The maximum atomic E-state index is 11.9. The summed E-state index contributed by atoms with van der Waals surface area (Å²) in [6.07, 6.45) is 4.75. The third-order valence-electron chi connectivity index (χ3n) is 3.93. The van der Waals surface area contributed by atoms with Gasteiger partial charge in [0.25, 0.3) is 0 Å². The van der Waals surface area contributed by atoms with Crippen molar-refractivity contribution < 1.29 is 4.79 Å². The molecular formula is C15H20N4O. The molecule has 3 N–H and O–H groups in total. The summed E-state index contributed by atoms with van der Waals surface area (Å²) in [6, 6.07) is 7.89. The largest absolute Gasteiger partial charge is 0.320 e. The summed E-state index contributed by atoms with van der Waals surface area (Å²) in [7, 11) is 0.